The van der Waals surface area contributed by atoms with Gasteiger partial charge in [-0.1, -0.05) is 65.1 Å². The number of hydrogen-bond acceptors (Lipinski definition) is 4. The van der Waals surface area contributed by atoms with E-state index in [1.165, 1.54) is 34.6 Å². The summed E-state index contributed by atoms with van der Waals surface area (Å²) in [6.07, 6.45) is -0.419. The van der Waals surface area contributed by atoms with Crippen molar-refractivity contribution in [3.63, 3.8) is 0 Å². The molecule has 1 amide bonds. The van der Waals surface area contributed by atoms with E-state index in [1.54, 1.807) is 49.4 Å². The minimum absolute atomic E-state index is 0.0593. The lowest BCUT2D eigenvalue weighted by Gasteiger charge is -2.31. The Morgan fingerprint density at radius 1 is 0.971 bits per heavy atom. The summed E-state index contributed by atoms with van der Waals surface area (Å²) in [6.45, 7) is 2.01. The van der Waals surface area contributed by atoms with Crippen LogP contribution in [0.5, 0.6) is 0 Å². The summed E-state index contributed by atoms with van der Waals surface area (Å²) < 4.78 is 28.5. The molecule has 35 heavy (non-hydrogen) atoms. The van der Waals surface area contributed by atoms with Crippen LogP contribution in [0.4, 0.5) is 5.69 Å². The molecule has 0 aliphatic heterocycles. The molecule has 0 aromatic heterocycles. The first-order chi connectivity index (χ1) is 16.6. The van der Waals surface area contributed by atoms with E-state index in [-0.39, 0.29) is 22.2 Å². The van der Waals surface area contributed by atoms with E-state index in [0.717, 1.165) is 0 Å². The van der Waals surface area contributed by atoms with Gasteiger partial charge < -0.3 is 10.4 Å². The van der Waals surface area contributed by atoms with Gasteiger partial charge in [0.2, 0.25) is 0 Å². The second-order valence-electron chi connectivity index (χ2n) is 7.95. The molecular formula is C25H25Cl3N2O4S. The Morgan fingerprint density at radius 2 is 1.60 bits per heavy atom. The number of carbonyl (C=O) groups is 1. The van der Waals surface area contributed by atoms with E-state index < -0.39 is 28.1 Å². The molecule has 0 saturated heterocycles. The molecule has 0 spiro atoms. The number of sulfonamides is 1. The SMILES string of the molecule is C[C@H](CCCNC(=O)[C@@H](O)c1ccccc1)N(c1cc(Cl)ccc1Cl)S(=O)(=O)c1ccc(Cl)cc1. The van der Waals surface area contributed by atoms with Gasteiger partial charge in [0.25, 0.3) is 15.9 Å². The Bertz CT molecular complexity index is 1260. The molecule has 0 bridgehead atoms. The zero-order valence-corrected chi connectivity index (χ0v) is 21.9. The normalized spacial score (nSPS) is 13.2. The molecule has 3 rings (SSSR count). The summed E-state index contributed by atoms with van der Waals surface area (Å²) in [5, 5.41) is 13.9. The minimum atomic E-state index is -4.01. The molecule has 0 heterocycles. The van der Waals surface area contributed by atoms with Crippen molar-refractivity contribution in [1.29, 1.82) is 0 Å². The lowest BCUT2D eigenvalue weighted by atomic mass is 10.1. The largest absolute Gasteiger partial charge is 0.378 e. The molecule has 0 aliphatic rings. The number of rotatable bonds is 10. The van der Waals surface area contributed by atoms with Gasteiger partial charge in [0, 0.05) is 22.6 Å². The second-order valence-corrected chi connectivity index (χ2v) is 11.0. The fourth-order valence-corrected chi connectivity index (χ4v) is 5.84. The number of nitrogens with one attached hydrogen (secondary N) is 1. The monoisotopic (exact) mass is 554 g/mol. The van der Waals surface area contributed by atoms with Crippen LogP contribution in [0, 0.1) is 0 Å². The Hall–Kier alpha value is -2.29. The maximum absolute atomic E-state index is 13.6. The number of benzene rings is 3. The highest BCUT2D eigenvalue weighted by Crippen LogP contribution is 2.35. The molecule has 0 saturated carbocycles. The summed E-state index contributed by atoms with van der Waals surface area (Å²) in [6, 6.07) is 18.6. The topological polar surface area (TPSA) is 86.7 Å². The van der Waals surface area contributed by atoms with E-state index in [1.807, 2.05) is 0 Å². The Morgan fingerprint density at radius 3 is 2.26 bits per heavy atom. The van der Waals surface area contributed by atoms with Crippen LogP contribution in [-0.4, -0.2) is 32.0 Å². The number of amides is 1. The lowest BCUT2D eigenvalue weighted by Crippen LogP contribution is -2.39. The van der Waals surface area contributed by atoms with Gasteiger partial charge in [0.05, 0.1) is 15.6 Å². The molecule has 10 heteroatoms. The molecule has 3 aromatic rings. The van der Waals surface area contributed by atoms with Gasteiger partial charge >= 0.3 is 0 Å². The van der Waals surface area contributed by atoms with Gasteiger partial charge in [0.15, 0.2) is 6.10 Å². The number of halogens is 3. The van der Waals surface area contributed by atoms with Crippen LogP contribution in [-0.2, 0) is 14.8 Å². The first-order valence-corrected chi connectivity index (χ1v) is 13.4. The fourth-order valence-electron chi connectivity index (χ4n) is 3.59. The van der Waals surface area contributed by atoms with Crippen LogP contribution in [0.3, 0.4) is 0 Å². The van der Waals surface area contributed by atoms with Crippen LogP contribution in [0.15, 0.2) is 77.7 Å². The molecule has 2 N–H and O–H groups in total. The van der Waals surface area contributed by atoms with Crippen molar-refractivity contribution in [3.05, 3.63) is 93.4 Å². The lowest BCUT2D eigenvalue weighted by molar-refractivity contribution is -0.129. The fraction of sp³-hybridized carbons (Fsp3) is 0.240. The van der Waals surface area contributed by atoms with E-state index in [9.17, 15) is 18.3 Å². The van der Waals surface area contributed by atoms with Crippen molar-refractivity contribution in [1.82, 2.24) is 5.32 Å². The predicted octanol–water partition coefficient (Wildman–Crippen LogP) is 5.86. The molecule has 0 aliphatic carbocycles. The Kier molecular flexibility index (Phi) is 9.44. The number of aliphatic hydroxyl groups excluding tert-OH is 1. The van der Waals surface area contributed by atoms with Gasteiger partial charge in [-0.3, -0.25) is 9.10 Å². The van der Waals surface area contributed by atoms with Gasteiger partial charge in [0.1, 0.15) is 0 Å². The van der Waals surface area contributed by atoms with Crippen molar-refractivity contribution in [2.45, 2.75) is 36.8 Å². The van der Waals surface area contributed by atoms with Crippen LogP contribution >= 0.6 is 34.8 Å². The van der Waals surface area contributed by atoms with Gasteiger partial charge in [-0.15, -0.1) is 0 Å². The molecule has 0 unspecified atom stereocenters. The molecule has 186 valence electrons. The van der Waals surface area contributed by atoms with Crippen molar-refractivity contribution in [2.75, 3.05) is 10.8 Å². The van der Waals surface area contributed by atoms with Gasteiger partial charge in [-0.05, 0) is 67.8 Å². The highest BCUT2D eigenvalue weighted by atomic mass is 35.5. The van der Waals surface area contributed by atoms with E-state index >= 15 is 0 Å². The first kappa shape index (κ1) is 27.3. The average Bonchev–Trinajstić information content (AvgIpc) is 2.84. The third kappa shape index (κ3) is 6.90. The van der Waals surface area contributed by atoms with Gasteiger partial charge in [-0.25, -0.2) is 8.42 Å². The molecule has 2 atom stereocenters. The van der Waals surface area contributed by atoms with Crippen LogP contribution in [0.2, 0.25) is 15.1 Å². The zero-order valence-electron chi connectivity index (χ0n) is 18.9. The average molecular weight is 556 g/mol. The number of nitrogens with zero attached hydrogens (tertiary/aromatic N) is 1. The van der Waals surface area contributed by atoms with Crippen molar-refractivity contribution >= 4 is 56.4 Å². The molecular weight excluding hydrogens is 531 g/mol. The van der Waals surface area contributed by atoms with E-state index in [0.29, 0.717) is 28.5 Å². The second kappa shape index (κ2) is 12.1. The predicted molar refractivity (Wildman–Crippen MR) is 141 cm³/mol. The Labute approximate surface area is 220 Å². The molecule has 3 aromatic carbocycles. The number of anilines is 1. The molecule has 6 nitrogen and oxygen atoms in total. The minimum Gasteiger partial charge on any atom is -0.378 e. The first-order valence-electron chi connectivity index (χ1n) is 10.9. The van der Waals surface area contributed by atoms with E-state index in [4.69, 9.17) is 34.8 Å². The zero-order chi connectivity index (χ0) is 25.6. The quantitative estimate of drug-likeness (QED) is 0.307. The number of carbonyl (C=O) groups excluding carboxylic acids is 1. The van der Waals surface area contributed by atoms with Crippen LogP contribution in [0.1, 0.15) is 31.4 Å². The number of hydrogen-bond donors (Lipinski definition) is 2. The summed E-state index contributed by atoms with van der Waals surface area (Å²) in [7, 11) is -4.01. The summed E-state index contributed by atoms with van der Waals surface area (Å²) in [4.78, 5) is 12.3. The van der Waals surface area contributed by atoms with Crippen molar-refractivity contribution < 1.29 is 18.3 Å². The molecule has 0 fully saturated rings. The smallest absolute Gasteiger partial charge is 0.264 e. The summed E-state index contributed by atoms with van der Waals surface area (Å²) in [5.41, 5.74) is 0.749. The van der Waals surface area contributed by atoms with Crippen LogP contribution < -0.4 is 9.62 Å². The summed E-state index contributed by atoms with van der Waals surface area (Å²) in [5.74, 6) is -0.521. The highest BCUT2D eigenvalue weighted by molar-refractivity contribution is 7.92. The Balaban J connectivity index is 1.75. The van der Waals surface area contributed by atoms with E-state index in [2.05, 4.69) is 5.32 Å². The highest BCUT2D eigenvalue weighted by Gasteiger charge is 2.31. The maximum atomic E-state index is 13.6. The third-order valence-electron chi connectivity index (χ3n) is 5.38. The number of aliphatic hydroxyl groups is 1. The maximum Gasteiger partial charge on any atom is 0.264 e. The molecule has 0 radical (unpaired) electrons. The van der Waals surface area contributed by atoms with Crippen molar-refractivity contribution in [3.8, 4) is 0 Å². The third-order valence-corrected chi connectivity index (χ3v) is 8.13. The summed E-state index contributed by atoms with van der Waals surface area (Å²) >= 11 is 18.5. The van der Waals surface area contributed by atoms with Gasteiger partial charge in [-0.2, -0.15) is 0 Å². The van der Waals surface area contributed by atoms with Crippen LogP contribution in [0.25, 0.3) is 0 Å². The van der Waals surface area contributed by atoms with Crippen molar-refractivity contribution in [2.24, 2.45) is 0 Å². The standard InChI is InChI=1S/C25H25Cl3N2O4S/c1-17(6-5-15-29-25(32)24(31)18-7-3-2-4-8-18)30(23-16-20(27)11-14-22(23)28)35(33,34)21-12-9-19(26)10-13-21/h2-4,7-14,16-17,24,31H,5-6,15H2,1H3,(H,29,32)/t17-,24+/m1/s1.